The Balaban J connectivity index is 1.89. The van der Waals surface area contributed by atoms with Gasteiger partial charge in [-0.3, -0.25) is 28.8 Å². The molecule has 7 N–H and O–H groups in total. The Labute approximate surface area is 409 Å². The molecule has 2 aromatic carbocycles. The number of hydrogen-bond acceptors (Lipinski definition) is 10. The minimum absolute atomic E-state index is 0.0375. The second-order valence-corrected chi connectivity index (χ2v) is 19.3. The van der Waals surface area contributed by atoms with Crippen molar-refractivity contribution in [2.45, 2.75) is 168 Å². The van der Waals surface area contributed by atoms with E-state index in [2.05, 4.69) is 40.4 Å². The number of hydrogen-bond donors (Lipinski definition) is 7. The van der Waals surface area contributed by atoms with Crippen LogP contribution in [0, 0.1) is 23.7 Å². The fourth-order valence-corrected chi connectivity index (χ4v) is 8.40. The molecule has 6 amide bonds. The fourth-order valence-electron chi connectivity index (χ4n) is 8.40. The molecule has 0 heterocycles. The second kappa shape index (κ2) is 30.8. The minimum Gasteiger partial charge on any atom is -0.480 e. The normalized spacial score (nSPS) is 15.9. The first-order chi connectivity index (χ1) is 32.9. The number of amides is 6. The van der Waals surface area contributed by atoms with Gasteiger partial charge in [0.15, 0.2) is 0 Å². The molecule has 3 rings (SSSR count). The summed E-state index contributed by atoms with van der Waals surface area (Å²) in [5.74, 6) is -5.33. The van der Waals surface area contributed by atoms with E-state index < -0.39 is 97.0 Å². The molecule has 0 bridgehead atoms. The Hall–Kier alpha value is -5.55. The summed E-state index contributed by atoms with van der Waals surface area (Å²) in [5.41, 5.74) is 1.48. The van der Waals surface area contributed by atoms with Gasteiger partial charge in [-0.2, -0.15) is 0 Å². The van der Waals surface area contributed by atoms with Crippen molar-refractivity contribution in [3.63, 3.8) is 0 Å². The summed E-state index contributed by atoms with van der Waals surface area (Å²) < 4.78 is 11.4. The molecule has 0 spiro atoms. The van der Waals surface area contributed by atoms with Gasteiger partial charge in [-0.05, 0) is 61.5 Å². The SMILES string of the molecule is CC(C)CCCCCCC(O)C(C)C(=O)N(C)C(CC(C)C)C(=O)NC(C(=O)NC(CNC(=O)OCc1ccccc1)C(=O)NC(C(=O)NCC(=O)O)C(C)OCc1ccccc1)C1CCCCC1. The number of ether oxygens (including phenoxy) is 2. The zero-order chi connectivity index (χ0) is 50.9. The largest absolute Gasteiger partial charge is 0.480 e. The molecule has 1 fully saturated rings. The number of aliphatic hydroxyl groups is 1. The summed E-state index contributed by atoms with van der Waals surface area (Å²) in [4.78, 5) is 96.7. The number of nitrogens with zero attached hydrogens (tertiary/aromatic N) is 1. The van der Waals surface area contributed by atoms with E-state index in [9.17, 15) is 43.8 Å². The zero-order valence-electron chi connectivity index (χ0n) is 41.9. The number of unbranched alkanes of at least 4 members (excludes halogenated alkanes) is 3. The highest BCUT2D eigenvalue weighted by molar-refractivity contribution is 5.96. The highest BCUT2D eigenvalue weighted by Crippen LogP contribution is 2.28. The van der Waals surface area contributed by atoms with E-state index >= 15 is 0 Å². The third kappa shape index (κ3) is 21.3. The van der Waals surface area contributed by atoms with Crippen molar-refractivity contribution >= 4 is 41.6 Å². The number of benzene rings is 2. The van der Waals surface area contributed by atoms with Crippen molar-refractivity contribution in [1.29, 1.82) is 0 Å². The van der Waals surface area contributed by atoms with Gasteiger partial charge < -0.3 is 51.2 Å². The number of aliphatic hydroxyl groups excluding tert-OH is 1. The summed E-state index contributed by atoms with van der Waals surface area (Å²) in [6.07, 6.45) is 6.63. The lowest BCUT2D eigenvalue weighted by atomic mass is 9.83. The number of nitrogens with one attached hydrogen (secondary N) is 5. The first-order valence-corrected chi connectivity index (χ1v) is 24.8. The number of likely N-dealkylation sites (N-methyl/N-ethyl adjacent to an activating group) is 1. The molecule has 0 saturated heterocycles. The van der Waals surface area contributed by atoms with Crippen molar-refractivity contribution in [3.05, 3.63) is 71.8 Å². The highest BCUT2D eigenvalue weighted by atomic mass is 16.5. The Morgan fingerprint density at radius 2 is 1.28 bits per heavy atom. The third-order valence-corrected chi connectivity index (χ3v) is 12.6. The number of carboxylic acids is 1. The van der Waals surface area contributed by atoms with Gasteiger partial charge in [-0.25, -0.2) is 4.79 Å². The van der Waals surface area contributed by atoms with Gasteiger partial charge in [0.25, 0.3) is 0 Å². The first kappa shape index (κ1) is 57.8. The number of carbonyl (C=O) groups excluding carboxylic acids is 6. The zero-order valence-corrected chi connectivity index (χ0v) is 41.9. The lowest BCUT2D eigenvalue weighted by Crippen LogP contribution is -2.63. The van der Waals surface area contributed by atoms with Crippen LogP contribution in [0.1, 0.15) is 130 Å². The van der Waals surface area contributed by atoms with Crippen molar-refractivity contribution in [1.82, 2.24) is 31.5 Å². The number of carbonyl (C=O) groups is 7. The van der Waals surface area contributed by atoms with Crippen LogP contribution in [0.15, 0.2) is 60.7 Å². The van der Waals surface area contributed by atoms with Crippen LogP contribution in [0.2, 0.25) is 0 Å². The van der Waals surface area contributed by atoms with Crippen LogP contribution in [-0.4, -0.2) is 113 Å². The smallest absolute Gasteiger partial charge is 0.407 e. The molecule has 17 nitrogen and oxygen atoms in total. The quantitative estimate of drug-likeness (QED) is 0.0474. The molecule has 0 aromatic heterocycles. The van der Waals surface area contributed by atoms with Gasteiger partial charge in [0.05, 0.1) is 31.3 Å². The number of carboxylic acid groups (broad SMARTS) is 1. The van der Waals surface area contributed by atoms with Crippen molar-refractivity contribution < 1.29 is 53.2 Å². The predicted molar refractivity (Wildman–Crippen MR) is 262 cm³/mol. The van der Waals surface area contributed by atoms with Gasteiger partial charge in [0.1, 0.15) is 37.3 Å². The molecule has 17 heteroatoms. The maximum Gasteiger partial charge on any atom is 0.407 e. The van der Waals surface area contributed by atoms with Gasteiger partial charge >= 0.3 is 12.1 Å². The molecule has 1 aliphatic carbocycles. The minimum atomic E-state index is -1.55. The summed E-state index contributed by atoms with van der Waals surface area (Å²) in [5, 5.41) is 33.5. The van der Waals surface area contributed by atoms with E-state index in [1.165, 1.54) is 18.9 Å². The third-order valence-electron chi connectivity index (χ3n) is 12.6. The average molecular weight is 965 g/mol. The molecule has 1 aliphatic rings. The van der Waals surface area contributed by atoms with Crippen LogP contribution in [0.4, 0.5) is 4.79 Å². The van der Waals surface area contributed by atoms with E-state index in [1.807, 2.05) is 50.2 Å². The van der Waals surface area contributed by atoms with E-state index in [0.717, 1.165) is 56.9 Å². The molecule has 7 atom stereocenters. The maximum absolute atomic E-state index is 14.7. The maximum atomic E-state index is 14.7. The summed E-state index contributed by atoms with van der Waals surface area (Å²) in [7, 11) is 1.54. The van der Waals surface area contributed by atoms with Gasteiger partial charge in [-0.1, -0.05) is 147 Å². The monoisotopic (exact) mass is 965 g/mol. The molecule has 0 radical (unpaired) electrons. The highest BCUT2D eigenvalue weighted by Gasteiger charge is 2.39. The summed E-state index contributed by atoms with van der Waals surface area (Å²) >= 11 is 0. The molecule has 7 unspecified atom stereocenters. The molecule has 0 aliphatic heterocycles. The number of aliphatic carboxylic acids is 1. The topological polar surface area (TPSA) is 242 Å². The lowest BCUT2D eigenvalue weighted by molar-refractivity contribution is -0.146. The van der Waals surface area contributed by atoms with Crippen LogP contribution in [0.5, 0.6) is 0 Å². The van der Waals surface area contributed by atoms with Crippen LogP contribution in [0.3, 0.4) is 0 Å². The Kier molecular flexibility index (Phi) is 25.8. The van der Waals surface area contributed by atoms with E-state index in [-0.39, 0.29) is 31.5 Å². The summed E-state index contributed by atoms with van der Waals surface area (Å²) in [6, 6.07) is 12.8. The molecular formula is C52H80N6O11. The lowest BCUT2D eigenvalue weighted by Gasteiger charge is -2.35. The number of alkyl carbamates (subject to hydrolysis) is 1. The standard InChI is InChI=1S/C52H80N6O11/c1-34(2)21-13-8-9-20-28-43(59)36(5)51(66)58(7)42(29-35(3)4)48(63)57-46(40-26-18-12-19-27-40)50(65)55-41(30-54-52(67)69-33-39-24-16-11-17-25-39)47(62)56-45(49(64)53-31-44(60)61)37(6)68-32-38-22-14-10-15-23-38/h10-11,14-17,22-25,34-37,40-43,45-46,59H,8-9,12-13,18-21,26-33H2,1-7H3,(H,53,64)(H,54,67)(H,55,65)(H,56,62)(H,57,63)(H,60,61). The van der Waals surface area contributed by atoms with Gasteiger partial charge in [0.2, 0.25) is 29.5 Å². The summed E-state index contributed by atoms with van der Waals surface area (Å²) in [6.45, 7) is 10.1. The van der Waals surface area contributed by atoms with E-state index in [1.54, 1.807) is 31.2 Å². The average Bonchev–Trinajstić information content (AvgIpc) is 3.33. The van der Waals surface area contributed by atoms with Crippen molar-refractivity contribution in [2.24, 2.45) is 23.7 Å². The molecular weight excluding hydrogens is 885 g/mol. The Morgan fingerprint density at radius 1 is 0.681 bits per heavy atom. The van der Waals surface area contributed by atoms with E-state index in [0.29, 0.717) is 30.7 Å². The molecule has 384 valence electrons. The van der Waals surface area contributed by atoms with Crippen LogP contribution in [-0.2, 0) is 51.5 Å². The number of rotatable bonds is 30. The van der Waals surface area contributed by atoms with Crippen molar-refractivity contribution in [3.8, 4) is 0 Å². The fraction of sp³-hybridized carbons (Fsp3) is 0.635. The van der Waals surface area contributed by atoms with Crippen LogP contribution in [0.25, 0.3) is 0 Å². The first-order valence-electron chi connectivity index (χ1n) is 24.8. The molecule has 1 saturated carbocycles. The van der Waals surface area contributed by atoms with Crippen molar-refractivity contribution in [2.75, 3.05) is 20.1 Å². The van der Waals surface area contributed by atoms with E-state index in [4.69, 9.17) is 9.47 Å². The predicted octanol–water partition coefficient (Wildman–Crippen LogP) is 5.62. The van der Waals surface area contributed by atoms with Crippen LogP contribution >= 0.6 is 0 Å². The molecule has 2 aromatic rings. The van der Waals surface area contributed by atoms with Gasteiger partial charge in [-0.15, -0.1) is 0 Å². The Morgan fingerprint density at radius 3 is 1.86 bits per heavy atom. The van der Waals surface area contributed by atoms with Gasteiger partial charge in [0, 0.05) is 7.05 Å². The molecule has 69 heavy (non-hydrogen) atoms. The second-order valence-electron chi connectivity index (χ2n) is 19.3. The Bertz CT molecular complexity index is 1900. The van der Waals surface area contributed by atoms with Crippen LogP contribution < -0.4 is 26.6 Å².